The number of hydrogen-bond acceptors (Lipinski definition) is 0. The zero-order valence-electron chi connectivity index (χ0n) is 8.06. The van der Waals surface area contributed by atoms with Gasteiger partial charge in [0, 0.05) is 0 Å². The van der Waals surface area contributed by atoms with E-state index in [1.165, 1.54) is 5.57 Å². The van der Waals surface area contributed by atoms with Crippen molar-refractivity contribution in [2.45, 2.75) is 33.6 Å². The van der Waals surface area contributed by atoms with Crippen LogP contribution in [0, 0.1) is 0 Å². The fraction of sp³-hybridized carbons (Fsp3) is 0.455. The smallest absolute Gasteiger partial charge is 0.0374 e. The van der Waals surface area contributed by atoms with Crippen LogP contribution in [0.2, 0.25) is 0 Å². The van der Waals surface area contributed by atoms with E-state index in [0.717, 1.165) is 12.8 Å². The predicted octanol–water partition coefficient (Wildman–Crippen LogP) is 4.11. The Labute approximate surface area is 71.3 Å². The van der Waals surface area contributed by atoms with Crippen molar-refractivity contribution in [3.05, 3.63) is 37.0 Å². The zero-order chi connectivity index (χ0) is 9.11. The van der Waals surface area contributed by atoms with Crippen LogP contribution in [0.1, 0.15) is 33.6 Å². The minimum absolute atomic E-state index is 1.13. The van der Waals surface area contributed by atoms with Gasteiger partial charge in [0.1, 0.15) is 0 Å². The maximum atomic E-state index is 3.00. The monoisotopic (exact) mass is 152 g/mol. The van der Waals surface area contributed by atoms with Gasteiger partial charge in [0.2, 0.25) is 0 Å². The lowest BCUT2D eigenvalue weighted by Crippen LogP contribution is -1.66. The van der Waals surface area contributed by atoms with Gasteiger partial charge in [-0.2, -0.15) is 0 Å². The first-order valence-corrected chi connectivity index (χ1v) is 4.14. The lowest BCUT2D eigenvalue weighted by atomic mass is 10.2. The number of allylic oxidation sites excluding steroid dienone is 4. The van der Waals surface area contributed by atoms with Crippen LogP contribution in [0.5, 0.6) is 0 Å². The van der Waals surface area contributed by atoms with Crippen molar-refractivity contribution in [3.63, 3.8) is 0 Å². The zero-order valence-corrected chi connectivity index (χ0v) is 8.06. The molecule has 0 unspecified atom stereocenters. The summed E-state index contributed by atoms with van der Waals surface area (Å²) in [5.74, 6) is 0. The highest BCUT2D eigenvalue weighted by Gasteiger charge is 1.75. The van der Waals surface area contributed by atoms with Crippen molar-refractivity contribution < 1.29 is 0 Å². The van der Waals surface area contributed by atoms with Crippen LogP contribution in [0.15, 0.2) is 37.0 Å². The molecule has 0 aliphatic rings. The molecule has 0 aliphatic heterocycles. The Bertz CT molecular complexity index is 118. The van der Waals surface area contributed by atoms with Crippen molar-refractivity contribution in [2.24, 2.45) is 0 Å². The lowest BCUT2D eigenvalue weighted by molar-refractivity contribution is 1.18. The van der Waals surface area contributed by atoms with Crippen molar-refractivity contribution >= 4 is 0 Å². The standard InChI is InChI=1S/C9H16.C2H4/c1-4-6-8-9(3)7-5-2;1-2/h6-8H,4-5H2,1-3H3;1-2H2/b8-6-,9-7-;. The summed E-state index contributed by atoms with van der Waals surface area (Å²) in [4.78, 5) is 0. The van der Waals surface area contributed by atoms with E-state index in [4.69, 9.17) is 0 Å². The normalized spacial score (nSPS) is 11.0. The summed E-state index contributed by atoms with van der Waals surface area (Å²) in [5, 5.41) is 0. The third-order valence-electron chi connectivity index (χ3n) is 1.14. The first-order chi connectivity index (χ1) is 5.31. The van der Waals surface area contributed by atoms with Gasteiger partial charge >= 0.3 is 0 Å². The largest absolute Gasteiger partial charge is 0.106 e. The Balaban J connectivity index is 0. The maximum absolute atomic E-state index is 3.00. The second-order valence-electron chi connectivity index (χ2n) is 2.17. The molecule has 0 rings (SSSR count). The molecule has 0 fully saturated rings. The molecule has 0 aromatic rings. The molecule has 0 amide bonds. The third kappa shape index (κ3) is 12.4. The second kappa shape index (κ2) is 12.0. The molecule has 0 aliphatic carbocycles. The number of rotatable bonds is 3. The van der Waals surface area contributed by atoms with Crippen molar-refractivity contribution in [1.82, 2.24) is 0 Å². The van der Waals surface area contributed by atoms with Gasteiger partial charge in [0.25, 0.3) is 0 Å². The van der Waals surface area contributed by atoms with Gasteiger partial charge in [-0.05, 0) is 19.8 Å². The van der Waals surface area contributed by atoms with Crippen LogP contribution >= 0.6 is 0 Å². The van der Waals surface area contributed by atoms with Gasteiger partial charge < -0.3 is 0 Å². The van der Waals surface area contributed by atoms with E-state index >= 15 is 0 Å². The summed E-state index contributed by atoms with van der Waals surface area (Å²) in [6.07, 6.45) is 8.85. The fourth-order valence-electron chi connectivity index (χ4n) is 0.694. The summed E-state index contributed by atoms with van der Waals surface area (Å²) < 4.78 is 0. The van der Waals surface area contributed by atoms with Crippen molar-refractivity contribution in [1.29, 1.82) is 0 Å². The average molecular weight is 152 g/mol. The molecule has 0 heterocycles. The van der Waals surface area contributed by atoms with Crippen LogP contribution in [-0.2, 0) is 0 Å². The average Bonchev–Trinajstić information content (AvgIpc) is 2.05. The fourth-order valence-corrected chi connectivity index (χ4v) is 0.694. The number of hydrogen-bond donors (Lipinski definition) is 0. The van der Waals surface area contributed by atoms with E-state index in [2.05, 4.69) is 52.2 Å². The molecule has 0 saturated carbocycles. The highest BCUT2D eigenvalue weighted by Crippen LogP contribution is 1.97. The van der Waals surface area contributed by atoms with Gasteiger partial charge in [0.05, 0.1) is 0 Å². The third-order valence-corrected chi connectivity index (χ3v) is 1.14. The summed E-state index contributed by atoms with van der Waals surface area (Å²) >= 11 is 0. The Morgan fingerprint density at radius 1 is 1.18 bits per heavy atom. The van der Waals surface area contributed by atoms with Crippen LogP contribution < -0.4 is 0 Å². The molecule has 0 radical (unpaired) electrons. The Morgan fingerprint density at radius 3 is 2.09 bits per heavy atom. The minimum Gasteiger partial charge on any atom is -0.106 e. The molecule has 0 spiro atoms. The molecule has 64 valence electrons. The summed E-state index contributed by atoms with van der Waals surface area (Å²) in [6.45, 7) is 12.4. The molecule has 11 heavy (non-hydrogen) atoms. The highest BCUT2D eigenvalue weighted by molar-refractivity contribution is 5.14. The quantitative estimate of drug-likeness (QED) is 0.421. The van der Waals surface area contributed by atoms with Crippen molar-refractivity contribution in [2.75, 3.05) is 0 Å². The Morgan fingerprint density at radius 2 is 1.73 bits per heavy atom. The summed E-state index contributed by atoms with van der Waals surface area (Å²) in [5.41, 5.74) is 1.37. The lowest BCUT2D eigenvalue weighted by Gasteiger charge is -1.87. The Kier molecular flexibility index (Phi) is 14.0. The van der Waals surface area contributed by atoms with Gasteiger partial charge in [-0.1, -0.05) is 37.6 Å². The van der Waals surface area contributed by atoms with E-state index in [-0.39, 0.29) is 0 Å². The highest BCUT2D eigenvalue weighted by atomic mass is 13.8. The molecule has 0 atom stereocenters. The minimum atomic E-state index is 1.13. The van der Waals surface area contributed by atoms with E-state index in [1.54, 1.807) is 0 Å². The SMILES string of the molecule is C=C.CC/C=C\C(C)=C/CC. The molecule has 0 nitrogen and oxygen atoms in total. The summed E-state index contributed by atoms with van der Waals surface area (Å²) in [6, 6.07) is 0. The second-order valence-corrected chi connectivity index (χ2v) is 2.17. The van der Waals surface area contributed by atoms with E-state index in [1.807, 2.05) is 0 Å². The van der Waals surface area contributed by atoms with Gasteiger partial charge in [-0.25, -0.2) is 0 Å². The first kappa shape index (κ1) is 12.9. The van der Waals surface area contributed by atoms with Crippen LogP contribution in [-0.4, -0.2) is 0 Å². The summed E-state index contributed by atoms with van der Waals surface area (Å²) in [7, 11) is 0. The molecule has 0 aromatic carbocycles. The van der Waals surface area contributed by atoms with Gasteiger partial charge in [-0.3, -0.25) is 0 Å². The maximum Gasteiger partial charge on any atom is -0.0374 e. The topological polar surface area (TPSA) is 0 Å². The van der Waals surface area contributed by atoms with Crippen molar-refractivity contribution in [3.8, 4) is 0 Å². The molecular formula is C11H20. The molecule has 0 heteroatoms. The van der Waals surface area contributed by atoms with Crippen LogP contribution in [0.25, 0.3) is 0 Å². The van der Waals surface area contributed by atoms with Gasteiger partial charge in [0.15, 0.2) is 0 Å². The van der Waals surface area contributed by atoms with E-state index < -0.39 is 0 Å². The molecule has 0 aromatic heterocycles. The Hall–Kier alpha value is -0.780. The molecule has 0 bridgehead atoms. The molecule has 0 saturated heterocycles. The van der Waals surface area contributed by atoms with Crippen LogP contribution in [0.3, 0.4) is 0 Å². The first-order valence-electron chi connectivity index (χ1n) is 4.14. The predicted molar refractivity (Wildman–Crippen MR) is 54.7 cm³/mol. The van der Waals surface area contributed by atoms with Gasteiger partial charge in [-0.15, -0.1) is 13.2 Å². The molecule has 0 N–H and O–H groups in total. The molecular weight excluding hydrogens is 132 g/mol. The van der Waals surface area contributed by atoms with E-state index in [9.17, 15) is 0 Å². The van der Waals surface area contributed by atoms with Crippen LogP contribution in [0.4, 0.5) is 0 Å². The van der Waals surface area contributed by atoms with E-state index in [0.29, 0.717) is 0 Å².